The van der Waals surface area contributed by atoms with Crippen LogP contribution >= 0.6 is 0 Å². The molecule has 0 aromatic heterocycles. The summed E-state index contributed by atoms with van der Waals surface area (Å²) in [5.74, 6) is -1.16. The number of aromatic carboxylic acids is 1. The summed E-state index contributed by atoms with van der Waals surface area (Å²) >= 11 is 0. The topological polar surface area (TPSA) is 105 Å². The fourth-order valence-electron chi connectivity index (χ4n) is 2.54. The number of benzene rings is 1. The smallest absolute Gasteiger partial charge is 0.337 e. The molecule has 0 radical (unpaired) electrons. The third-order valence-corrected chi connectivity index (χ3v) is 5.49. The first-order valence-electron chi connectivity index (χ1n) is 7.71. The lowest BCUT2D eigenvalue weighted by molar-refractivity contribution is 0.0697. The van der Waals surface area contributed by atoms with Crippen molar-refractivity contribution in [1.82, 2.24) is 4.72 Å². The SMILES string of the molecule is O=C(O)c1cc(S(=O)(=O)NC2CC2)ccc1NCC1CCCO1. The number of hydrogen-bond donors (Lipinski definition) is 3. The monoisotopic (exact) mass is 340 g/mol. The number of anilines is 1. The van der Waals surface area contributed by atoms with E-state index in [1.165, 1.54) is 18.2 Å². The van der Waals surface area contributed by atoms with E-state index in [2.05, 4.69) is 10.0 Å². The maximum atomic E-state index is 12.2. The summed E-state index contributed by atoms with van der Waals surface area (Å²) in [6.45, 7) is 1.23. The lowest BCUT2D eigenvalue weighted by atomic mass is 10.1. The molecule has 2 aliphatic rings. The highest BCUT2D eigenvalue weighted by atomic mass is 32.2. The summed E-state index contributed by atoms with van der Waals surface area (Å²) in [5, 5.41) is 12.4. The van der Waals surface area contributed by atoms with Gasteiger partial charge in [0.25, 0.3) is 0 Å². The lowest BCUT2D eigenvalue weighted by Gasteiger charge is -2.15. The molecule has 7 nitrogen and oxygen atoms in total. The van der Waals surface area contributed by atoms with Crippen LogP contribution in [0.3, 0.4) is 0 Å². The second-order valence-corrected chi connectivity index (χ2v) is 7.64. The minimum atomic E-state index is -3.67. The number of carboxylic acid groups (broad SMARTS) is 1. The predicted octanol–water partition coefficient (Wildman–Crippen LogP) is 1.42. The van der Waals surface area contributed by atoms with Gasteiger partial charge in [0.15, 0.2) is 0 Å². The molecule has 0 amide bonds. The van der Waals surface area contributed by atoms with Crippen molar-refractivity contribution in [3.05, 3.63) is 23.8 Å². The van der Waals surface area contributed by atoms with Gasteiger partial charge in [-0.1, -0.05) is 0 Å². The van der Waals surface area contributed by atoms with E-state index in [9.17, 15) is 18.3 Å². The summed E-state index contributed by atoms with van der Waals surface area (Å²) in [5.41, 5.74) is 0.347. The first-order chi connectivity index (χ1) is 11.0. The van der Waals surface area contributed by atoms with Crippen LogP contribution in [0.4, 0.5) is 5.69 Å². The van der Waals surface area contributed by atoms with Gasteiger partial charge in [-0.15, -0.1) is 0 Å². The van der Waals surface area contributed by atoms with Gasteiger partial charge in [0.05, 0.1) is 16.6 Å². The molecule has 8 heteroatoms. The van der Waals surface area contributed by atoms with Gasteiger partial charge in [0, 0.05) is 24.9 Å². The van der Waals surface area contributed by atoms with Crippen LogP contribution in [0.1, 0.15) is 36.0 Å². The van der Waals surface area contributed by atoms with Gasteiger partial charge in [0.1, 0.15) is 0 Å². The summed E-state index contributed by atoms with van der Waals surface area (Å²) in [4.78, 5) is 11.4. The van der Waals surface area contributed by atoms with Crippen molar-refractivity contribution < 1.29 is 23.1 Å². The van der Waals surface area contributed by atoms with Crippen LogP contribution in [-0.4, -0.2) is 44.8 Å². The Hall–Kier alpha value is -1.64. The molecule has 3 N–H and O–H groups in total. The highest BCUT2D eigenvalue weighted by molar-refractivity contribution is 7.89. The van der Waals surface area contributed by atoms with Crippen molar-refractivity contribution in [3.8, 4) is 0 Å². The van der Waals surface area contributed by atoms with Gasteiger partial charge in [-0.2, -0.15) is 0 Å². The van der Waals surface area contributed by atoms with Crippen molar-refractivity contribution in [2.24, 2.45) is 0 Å². The largest absolute Gasteiger partial charge is 0.478 e. The first-order valence-corrected chi connectivity index (χ1v) is 9.19. The van der Waals surface area contributed by atoms with Crippen molar-refractivity contribution in [1.29, 1.82) is 0 Å². The number of sulfonamides is 1. The van der Waals surface area contributed by atoms with E-state index in [4.69, 9.17) is 4.74 Å². The highest BCUT2D eigenvalue weighted by Gasteiger charge is 2.29. The Labute approximate surface area is 135 Å². The van der Waals surface area contributed by atoms with Crippen molar-refractivity contribution in [3.63, 3.8) is 0 Å². The van der Waals surface area contributed by atoms with E-state index in [1.807, 2.05) is 0 Å². The molecule has 1 aliphatic heterocycles. The Kier molecular flexibility index (Phi) is 4.56. The molecule has 1 saturated heterocycles. The van der Waals surface area contributed by atoms with Gasteiger partial charge in [-0.05, 0) is 43.9 Å². The highest BCUT2D eigenvalue weighted by Crippen LogP contribution is 2.25. The molecule has 1 aromatic carbocycles. The fourth-order valence-corrected chi connectivity index (χ4v) is 3.87. The van der Waals surface area contributed by atoms with Gasteiger partial charge >= 0.3 is 5.97 Å². The molecule has 0 bridgehead atoms. The third-order valence-electron chi connectivity index (χ3n) is 3.98. The van der Waals surface area contributed by atoms with E-state index < -0.39 is 16.0 Å². The molecule has 0 spiro atoms. The number of carbonyl (C=O) groups is 1. The van der Waals surface area contributed by atoms with E-state index in [-0.39, 0.29) is 22.6 Å². The molecule has 3 rings (SSSR count). The Morgan fingerprint density at radius 2 is 2.09 bits per heavy atom. The maximum Gasteiger partial charge on any atom is 0.337 e. The molecule has 1 unspecified atom stereocenters. The number of hydrogen-bond acceptors (Lipinski definition) is 5. The van der Waals surface area contributed by atoms with E-state index in [0.29, 0.717) is 12.2 Å². The van der Waals surface area contributed by atoms with Crippen molar-refractivity contribution in [2.75, 3.05) is 18.5 Å². The minimum Gasteiger partial charge on any atom is -0.478 e. The molecule has 1 atom stereocenters. The quantitative estimate of drug-likeness (QED) is 0.693. The zero-order valence-corrected chi connectivity index (χ0v) is 13.4. The maximum absolute atomic E-state index is 12.2. The van der Waals surface area contributed by atoms with Crippen LogP contribution < -0.4 is 10.0 Å². The van der Waals surface area contributed by atoms with Crippen LogP contribution in [-0.2, 0) is 14.8 Å². The molecular weight excluding hydrogens is 320 g/mol. The Balaban J connectivity index is 1.78. The van der Waals surface area contributed by atoms with E-state index in [0.717, 1.165) is 32.3 Å². The van der Waals surface area contributed by atoms with Crippen LogP contribution in [0.15, 0.2) is 23.1 Å². The standard InChI is InChI=1S/C15H20N2O5S/c18-15(19)13-8-12(23(20,21)17-10-3-4-10)5-6-14(13)16-9-11-2-1-7-22-11/h5-6,8,10-11,16-17H,1-4,7,9H2,(H,18,19). The lowest BCUT2D eigenvalue weighted by Crippen LogP contribution is -2.26. The summed E-state index contributed by atoms with van der Waals surface area (Å²) in [6.07, 6.45) is 3.66. The number of nitrogens with one attached hydrogen (secondary N) is 2. The molecule has 1 heterocycles. The van der Waals surface area contributed by atoms with Gasteiger partial charge in [-0.25, -0.2) is 17.9 Å². The first kappa shape index (κ1) is 16.2. The minimum absolute atomic E-state index is 0.0226. The second-order valence-electron chi connectivity index (χ2n) is 5.92. The molecule has 2 fully saturated rings. The summed E-state index contributed by atoms with van der Waals surface area (Å²) in [6, 6.07) is 4.10. The van der Waals surface area contributed by atoms with Crippen molar-refractivity contribution >= 4 is 21.7 Å². The van der Waals surface area contributed by atoms with Crippen LogP contribution in [0.2, 0.25) is 0 Å². The van der Waals surface area contributed by atoms with E-state index in [1.54, 1.807) is 0 Å². The average Bonchev–Trinajstić information content (AvgIpc) is 3.15. The summed E-state index contributed by atoms with van der Waals surface area (Å²) < 4.78 is 32.4. The molecule has 1 saturated carbocycles. The van der Waals surface area contributed by atoms with Crippen molar-refractivity contribution in [2.45, 2.75) is 42.7 Å². The number of rotatable bonds is 7. The van der Waals surface area contributed by atoms with Gasteiger partial charge in [-0.3, -0.25) is 0 Å². The normalized spacial score (nSPS) is 21.3. The number of ether oxygens (including phenoxy) is 1. The fraction of sp³-hybridized carbons (Fsp3) is 0.533. The van der Waals surface area contributed by atoms with Crippen LogP contribution in [0, 0.1) is 0 Å². The number of carboxylic acids is 1. The third kappa shape index (κ3) is 4.01. The molecule has 1 aromatic rings. The second kappa shape index (κ2) is 6.46. The zero-order valence-electron chi connectivity index (χ0n) is 12.6. The molecular formula is C15H20N2O5S. The van der Waals surface area contributed by atoms with Gasteiger partial charge in [0.2, 0.25) is 10.0 Å². The Morgan fingerprint density at radius 1 is 1.30 bits per heavy atom. The van der Waals surface area contributed by atoms with Crippen LogP contribution in [0.25, 0.3) is 0 Å². The van der Waals surface area contributed by atoms with Gasteiger partial charge < -0.3 is 15.2 Å². The average molecular weight is 340 g/mol. The molecule has 126 valence electrons. The predicted molar refractivity (Wildman–Crippen MR) is 84.2 cm³/mol. The molecule has 23 heavy (non-hydrogen) atoms. The Bertz CT molecular complexity index is 694. The molecule has 1 aliphatic carbocycles. The van der Waals surface area contributed by atoms with E-state index >= 15 is 0 Å². The zero-order chi connectivity index (χ0) is 16.4. The van der Waals surface area contributed by atoms with Crippen LogP contribution in [0.5, 0.6) is 0 Å². The Morgan fingerprint density at radius 3 is 2.70 bits per heavy atom. The summed E-state index contributed by atoms with van der Waals surface area (Å²) in [7, 11) is -3.67.